The largest absolute Gasteiger partial charge is 0.304 e. The molecule has 0 amide bonds. The molecule has 3 nitrogen and oxygen atoms in total. The van der Waals surface area contributed by atoms with Crippen LogP contribution in [0.3, 0.4) is 0 Å². The van der Waals surface area contributed by atoms with E-state index in [-0.39, 0.29) is 5.41 Å². The number of carbonyl (C=O) groups excluding carboxylic acids is 1. The summed E-state index contributed by atoms with van der Waals surface area (Å²) < 4.78 is 0. The second-order valence-corrected chi connectivity index (χ2v) is 5.77. The van der Waals surface area contributed by atoms with E-state index in [4.69, 9.17) is 0 Å². The molecule has 0 radical (unpaired) electrons. The molecule has 19 heavy (non-hydrogen) atoms. The fraction of sp³-hybridized carbons (Fsp3) is 0.938. The second kappa shape index (κ2) is 10.4. The predicted octanol–water partition coefficient (Wildman–Crippen LogP) is 3.05. The molecule has 0 spiro atoms. The molecule has 0 aromatic heterocycles. The molecule has 0 fully saturated rings. The lowest BCUT2D eigenvalue weighted by Crippen LogP contribution is -2.38. The molecule has 0 aliphatic rings. The minimum absolute atomic E-state index is 0.167. The molecule has 0 bridgehead atoms. The summed E-state index contributed by atoms with van der Waals surface area (Å²) >= 11 is 0. The first-order valence-electron chi connectivity index (χ1n) is 7.96. The van der Waals surface area contributed by atoms with Crippen LogP contribution in [0.5, 0.6) is 0 Å². The molecule has 0 N–H and O–H groups in total. The molecule has 3 heteroatoms. The highest BCUT2D eigenvalue weighted by Crippen LogP contribution is 2.21. The van der Waals surface area contributed by atoms with Gasteiger partial charge in [-0.25, -0.2) is 0 Å². The maximum Gasteiger partial charge on any atom is 0.127 e. The summed E-state index contributed by atoms with van der Waals surface area (Å²) in [6, 6.07) is 0. The van der Waals surface area contributed by atoms with E-state index in [1.807, 2.05) is 0 Å². The van der Waals surface area contributed by atoms with Gasteiger partial charge in [-0.3, -0.25) is 0 Å². The second-order valence-electron chi connectivity index (χ2n) is 5.77. The summed E-state index contributed by atoms with van der Waals surface area (Å²) in [6.45, 7) is 17.3. The van der Waals surface area contributed by atoms with Gasteiger partial charge in [-0.2, -0.15) is 0 Å². The quantitative estimate of drug-likeness (QED) is 0.509. The molecule has 114 valence electrons. The summed E-state index contributed by atoms with van der Waals surface area (Å²) in [5.74, 6) is 0. The van der Waals surface area contributed by atoms with E-state index in [0.29, 0.717) is 0 Å². The van der Waals surface area contributed by atoms with Crippen LogP contribution >= 0.6 is 0 Å². The van der Waals surface area contributed by atoms with Crippen LogP contribution in [0.2, 0.25) is 0 Å². The normalized spacial score (nSPS) is 14.9. The monoisotopic (exact) mass is 270 g/mol. The minimum Gasteiger partial charge on any atom is -0.304 e. The van der Waals surface area contributed by atoms with Crippen molar-refractivity contribution in [2.45, 2.75) is 53.9 Å². The van der Waals surface area contributed by atoms with Crippen LogP contribution in [0.4, 0.5) is 0 Å². The topological polar surface area (TPSA) is 23.6 Å². The number of carbonyl (C=O) groups is 1. The molecule has 0 aromatic carbocycles. The zero-order chi connectivity index (χ0) is 14.7. The highest BCUT2D eigenvalue weighted by Gasteiger charge is 2.25. The van der Waals surface area contributed by atoms with Crippen molar-refractivity contribution in [3.8, 4) is 0 Å². The first-order chi connectivity index (χ1) is 9.05. The van der Waals surface area contributed by atoms with E-state index in [1.54, 1.807) is 0 Å². The van der Waals surface area contributed by atoms with Gasteiger partial charge in [0.15, 0.2) is 0 Å². The average molecular weight is 270 g/mol. The van der Waals surface area contributed by atoms with Crippen LogP contribution in [0.15, 0.2) is 0 Å². The molecule has 0 rings (SSSR count). The summed E-state index contributed by atoms with van der Waals surface area (Å²) in [5.41, 5.74) is -0.167. The molecule has 0 saturated carbocycles. The Morgan fingerprint density at radius 1 is 0.947 bits per heavy atom. The van der Waals surface area contributed by atoms with E-state index in [0.717, 1.165) is 58.4 Å². The zero-order valence-corrected chi connectivity index (χ0v) is 13.7. The van der Waals surface area contributed by atoms with Crippen LogP contribution in [-0.4, -0.2) is 55.4 Å². The van der Waals surface area contributed by atoms with Gasteiger partial charge in [-0.1, -0.05) is 41.0 Å². The van der Waals surface area contributed by atoms with Gasteiger partial charge in [0.25, 0.3) is 0 Å². The minimum atomic E-state index is -0.167. The summed E-state index contributed by atoms with van der Waals surface area (Å²) in [7, 11) is 0. The highest BCUT2D eigenvalue weighted by molar-refractivity contribution is 5.58. The van der Waals surface area contributed by atoms with Gasteiger partial charge in [-0.05, 0) is 45.6 Å². The highest BCUT2D eigenvalue weighted by atomic mass is 16.1. The number of nitrogens with zero attached hydrogens (tertiary/aromatic N) is 2. The van der Waals surface area contributed by atoms with Crippen LogP contribution in [-0.2, 0) is 4.79 Å². The molecule has 0 aliphatic heterocycles. The Bertz CT molecular complexity index is 229. The molecular formula is C16H34N2O. The number of hydrogen-bond acceptors (Lipinski definition) is 3. The molecule has 0 saturated heterocycles. The first kappa shape index (κ1) is 18.6. The number of hydrogen-bond donors (Lipinski definition) is 0. The Hall–Kier alpha value is -0.410. The SMILES string of the molecule is CCCC(C)(C=O)CN(CC)CCCN(CC)CC. The third kappa shape index (κ3) is 7.68. The molecule has 0 aromatic rings. The van der Waals surface area contributed by atoms with Gasteiger partial charge in [-0.15, -0.1) is 0 Å². The van der Waals surface area contributed by atoms with Crippen molar-refractivity contribution < 1.29 is 4.79 Å². The van der Waals surface area contributed by atoms with Crippen molar-refractivity contribution >= 4 is 6.29 Å². The summed E-state index contributed by atoms with van der Waals surface area (Å²) in [4.78, 5) is 16.2. The van der Waals surface area contributed by atoms with Gasteiger partial charge < -0.3 is 14.6 Å². The predicted molar refractivity (Wildman–Crippen MR) is 83.6 cm³/mol. The third-order valence-electron chi connectivity index (χ3n) is 3.98. The Kier molecular flexibility index (Phi) is 10.2. The first-order valence-corrected chi connectivity index (χ1v) is 7.96. The van der Waals surface area contributed by atoms with Crippen molar-refractivity contribution in [3.63, 3.8) is 0 Å². The van der Waals surface area contributed by atoms with E-state index in [1.165, 1.54) is 6.42 Å². The lowest BCUT2D eigenvalue weighted by atomic mass is 9.86. The summed E-state index contributed by atoms with van der Waals surface area (Å²) in [6.07, 6.45) is 4.41. The number of aldehydes is 1. The Morgan fingerprint density at radius 3 is 1.89 bits per heavy atom. The van der Waals surface area contributed by atoms with E-state index >= 15 is 0 Å². The van der Waals surface area contributed by atoms with Gasteiger partial charge in [0, 0.05) is 12.0 Å². The average Bonchev–Trinajstić information content (AvgIpc) is 2.42. The van der Waals surface area contributed by atoms with Crippen molar-refractivity contribution in [1.29, 1.82) is 0 Å². The van der Waals surface area contributed by atoms with Crippen LogP contribution < -0.4 is 0 Å². The van der Waals surface area contributed by atoms with E-state index in [2.05, 4.69) is 44.4 Å². The maximum absolute atomic E-state index is 11.3. The lowest BCUT2D eigenvalue weighted by Gasteiger charge is -2.31. The standard InChI is InChI=1S/C16H34N2O/c1-6-11-16(5,15-19)14-18(9-4)13-10-12-17(7-2)8-3/h15H,6-14H2,1-5H3. The van der Waals surface area contributed by atoms with Crippen molar-refractivity contribution in [2.24, 2.45) is 5.41 Å². The van der Waals surface area contributed by atoms with Crippen LogP contribution in [0.1, 0.15) is 53.9 Å². The molecule has 1 unspecified atom stereocenters. The molecule has 0 heterocycles. The van der Waals surface area contributed by atoms with Crippen molar-refractivity contribution in [3.05, 3.63) is 0 Å². The van der Waals surface area contributed by atoms with Gasteiger partial charge in [0.05, 0.1) is 0 Å². The van der Waals surface area contributed by atoms with Crippen molar-refractivity contribution in [2.75, 3.05) is 39.3 Å². The van der Waals surface area contributed by atoms with Gasteiger partial charge >= 0.3 is 0 Å². The van der Waals surface area contributed by atoms with E-state index in [9.17, 15) is 4.79 Å². The van der Waals surface area contributed by atoms with Crippen LogP contribution in [0.25, 0.3) is 0 Å². The third-order valence-corrected chi connectivity index (χ3v) is 3.98. The number of rotatable bonds is 12. The fourth-order valence-corrected chi connectivity index (χ4v) is 2.66. The van der Waals surface area contributed by atoms with Crippen molar-refractivity contribution in [1.82, 2.24) is 9.80 Å². The van der Waals surface area contributed by atoms with Crippen LogP contribution in [0, 0.1) is 5.41 Å². The summed E-state index contributed by atoms with van der Waals surface area (Å²) in [5, 5.41) is 0. The Balaban J connectivity index is 4.16. The molecule has 0 aliphatic carbocycles. The fourth-order valence-electron chi connectivity index (χ4n) is 2.66. The van der Waals surface area contributed by atoms with Gasteiger partial charge in [0.2, 0.25) is 0 Å². The van der Waals surface area contributed by atoms with Gasteiger partial charge in [0.1, 0.15) is 6.29 Å². The lowest BCUT2D eigenvalue weighted by molar-refractivity contribution is -0.116. The maximum atomic E-state index is 11.3. The zero-order valence-electron chi connectivity index (χ0n) is 13.7. The van der Waals surface area contributed by atoms with E-state index < -0.39 is 0 Å². The molecular weight excluding hydrogens is 236 g/mol. The Labute approximate surface area is 120 Å². The smallest absolute Gasteiger partial charge is 0.127 e. The molecule has 1 atom stereocenters. The Morgan fingerprint density at radius 2 is 1.47 bits per heavy atom.